The Hall–Kier alpha value is -0.633. The van der Waals surface area contributed by atoms with Gasteiger partial charge in [-0.2, -0.15) is 0 Å². The lowest BCUT2D eigenvalue weighted by molar-refractivity contribution is 0.0430. The average Bonchev–Trinajstić information content (AvgIpc) is 2.24. The van der Waals surface area contributed by atoms with Crippen molar-refractivity contribution >= 4 is 14.8 Å². The lowest BCUT2D eigenvalue weighted by Gasteiger charge is -2.47. The third-order valence-electron chi connectivity index (χ3n) is 2.91. The van der Waals surface area contributed by atoms with Gasteiger partial charge in [0.2, 0.25) is 0 Å². The second-order valence-corrected chi connectivity index (χ2v) is 6.99. The Bertz CT molecular complexity index is 250. The minimum Gasteiger partial charge on any atom is -0.376 e. The fraction of sp³-hybridized carbons (Fsp3) is 0.889. The summed E-state index contributed by atoms with van der Waals surface area (Å²) in [5.74, 6) is 0. The number of hydrogen-bond acceptors (Lipinski definition) is 4. The average molecular weight is 248 g/mol. The predicted octanol–water partition coefficient (Wildman–Crippen LogP) is 0.160. The van der Waals surface area contributed by atoms with Gasteiger partial charge in [-0.15, -0.1) is 0 Å². The molecule has 2 amide bonds. The summed E-state index contributed by atoms with van der Waals surface area (Å²) in [4.78, 5) is 15.1. The van der Waals surface area contributed by atoms with E-state index in [9.17, 15) is 4.79 Å². The van der Waals surface area contributed by atoms with Gasteiger partial charge >= 0.3 is 14.8 Å². The molecule has 0 aromatic carbocycles. The van der Waals surface area contributed by atoms with E-state index in [2.05, 4.69) is 0 Å². The topological polar surface area (TPSA) is 51.2 Å². The highest BCUT2D eigenvalue weighted by atomic mass is 28.4. The van der Waals surface area contributed by atoms with Gasteiger partial charge in [-0.05, 0) is 6.42 Å². The summed E-state index contributed by atoms with van der Waals surface area (Å²) >= 11 is 0. The molecule has 0 N–H and O–H groups in total. The number of hydrogen-bond donors (Lipinski definition) is 0. The Labute approximate surface area is 97.4 Å². The van der Waals surface area contributed by atoms with Gasteiger partial charge in [0.05, 0.1) is 0 Å². The Morgan fingerprint density at radius 2 is 1.75 bits per heavy atom. The number of carbonyl (C=O) groups is 1. The summed E-state index contributed by atoms with van der Waals surface area (Å²) in [5.41, 5.74) is -0.0672. The second-order valence-electron chi connectivity index (χ2n) is 3.89. The predicted molar refractivity (Wildman–Crippen MR) is 61.0 cm³/mol. The highest BCUT2D eigenvalue weighted by Crippen LogP contribution is 2.28. The molecule has 1 atom stereocenters. The van der Waals surface area contributed by atoms with Crippen molar-refractivity contribution in [2.24, 2.45) is 0 Å². The molecule has 0 spiro atoms. The van der Waals surface area contributed by atoms with Crippen LogP contribution in [0.5, 0.6) is 0 Å². The molecule has 1 rings (SSSR count). The lowest BCUT2D eigenvalue weighted by Crippen LogP contribution is -2.69. The monoisotopic (exact) mass is 248 g/mol. The second kappa shape index (κ2) is 5.13. The van der Waals surface area contributed by atoms with Gasteiger partial charge in [0.15, 0.2) is 0 Å². The largest absolute Gasteiger partial charge is 0.524 e. The minimum absolute atomic E-state index is 0.0284. The number of rotatable bonds is 4. The molecule has 94 valence electrons. The molecule has 1 unspecified atom stereocenters. The molecule has 0 aliphatic carbocycles. The van der Waals surface area contributed by atoms with Gasteiger partial charge in [0, 0.05) is 42.0 Å². The van der Waals surface area contributed by atoms with Crippen LogP contribution in [0.2, 0.25) is 0 Å². The van der Waals surface area contributed by atoms with Crippen molar-refractivity contribution in [3.63, 3.8) is 0 Å². The van der Waals surface area contributed by atoms with Crippen molar-refractivity contribution in [2.75, 3.05) is 42.0 Å². The van der Waals surface area contributed by atoms with Gasteiger partial charge in [-0.25, -0.2) is 4.79 Å². The first-order valence-corrected chi connectivity index (χ1v) is 6.96. The van der Waals surface area contributed by atoms with Crippen LogP contribution >= 0.6 is 0 Å². The molecule has 7 heteroatoms. The van der Waals surface area contributed by atoms with E-state index in [4.69, 9.17) is 13.3 Å². The normalized spacial score (nSPS) is 20.6. The maximum absolute atomic E-state index is 11.8. The first-order chi connectivity index (χ1) is 7.52. The Balaban J connectivity index is 2.77. The Kier molecular flexibility index (Phi) is 4.31. The number of urea groups is 1. The van der Waals surface area contributed by atoms with Crippen LogP contribution in [0.3, 0.4) is 0 Å². The van der Waals surface area contributed by atoms with Crippen LogP contribution in [-0.2, 0) is 13.3 Å². The molecule has 0 radical (unpaired) electrons. The highest BCUT2D eigenvalue weighted by molar-refractivity contribution is 6.62. The van der Waals surface area contributed by atoms with E-state index in [1.165, 1.54) is 0 Å². The molecule has 1 aliphatic heterocycles. The third kappa shape index (κ3) is 2.08. The molecule has 1 aliphatic rings. The van der Waals surface area contributed by atoms with Gasteiger partial charge in [-0.1, -0.05) is 0 Å². The fourth-order valence-electron chi connectivity index (χ4n) is 1.90. The van der Waals surface area contributed by atoms with Crippen LogP contribution in [-0.4, -0.2) is 72.3 Å². The van der Waals surface area contributed by atoms with Crippen molar-refractivity contribution < 1.29 is 18.1 Å². The van der Waals surface area contributed by atoms with Crippen molar-refractivity contribution in [1.82, 2.24) is 9.80 Å². The maximum Gasteiger partial charge on any atom is 0.524 e. The molecule has 1 heterocycles. The number of nitrogens with zero attached hydrogens (tertiary/aromatic N) is 2. The number of likely N-dealkylation sites (tertiary alicyclic amines) is 1. The zero-order valence-corrected chi connectivity index (χ0v) is 11.5. The number of carbonyl (C=O) groups excluding carboxylic acids is 1. The summed E-state index contributed by atoms with van der Waals surface area (Å²) in [6.07, 6.45) is 0.862. The van der Waals surface area contributed by atoms with Crippen LogP contribution < -0.4 is 0 Å². The molecule has 1 fully saturated rings. The SMILES string of the molecule is CO[Si](OC)(OC)C1CCN1C(=O)N(C)C. The van der Waals surface area contributed by atoms with E-state index in [-0.39, 0.29) is 11.7 Å². The highest BCUT2D eigenvalue weighted by Gasteiger charge is 2.56. The van der Waals surface area contributed by atoms with Gasteiger partial charge in [-0.3, -0.25) is 0 Å². The third-order valence-corrected chi connectivity index (χ3v) is 6.03. The first kappa shape index (κ1) is 13.4. The molecule has 0 aromatic rings. The maximum atomic E-state index is 11.8. The van der Waals surface area contributed by atoms with Crippen LogP contribution in [0.4, 0.5) is 4.79 Å². The summed E-state index contributed by atoms with van der Waals surface area (Å²) in [6.45, 7) is 0.729. The summed E-state index contributed by atoms with van der Waals surface area (Å²) in [7, 11) is 5.43. The van der Waals surface area contributed by atoms with Gasteiger partial charge < -0.3 is 23.1 Å². The molecule has 16 heavy (non-hydrogen) atoms. The van der Waals surface area contributed by atoms with E-state index in [0.717, 1.165) is 13.0 Å². The van der Waals surface area contributed by atoms with E-state index in [1.807, 2.05) is 0 Å². The first-order valence-electron chi connectivity index (χ1n) is 5.15. The minimum atomic E-state index is -2.73. The van der Waals surface area contributed by atoms with E-state index in [1.54, 1.807) is 45.2 Å². The Morgan fingerprint density at radius 1 is 1.25 bits per heavy atom. The van der Waals surface area contributed by atoms with Crippen molar-refractivity contribution in [3.05, 3.63) is 0 Å². The van der Waals surface area contributed by atoms with E-state index < -0.39 is 8.80 Å². The smallest absolute Gasteiger partial charge is 0.376 e. The summed E-state index contributed by atoms with van der Waals surface area (Å²) in [6, 6.07) is -0.0284. The van der Waals surface area contributed by atoms with E-state index in [0.29, 0.717) is 0 Å². The fourth-order valence-corrected chi connectivity index (χ4v) is 4.32. The molecule has 0 bridgehead atoms. The molecule has 1 saturated heterocycles. The van der Waals surface area contributed by atoms with E-state index >= 15 is 0 Å². The quantitative estimate of drug-likeness (QED) is 0.665. The Morgan fingerprint density at radius 3 is 2.00 bits per heavy atom. The zero-order valence-electron chi connectivity index (χ0n) is 10.5. The van der Waals surface area contributed by atoms with Crippen molar-refractivity contribution in [3.8, 4) is 0 Å². The van der Waals surface area contributed by atoms with Crippen LogP contribution in [0.1, 0.15) is 6.42 Å². The van der Waals surface area contributed by atoms with Gasteiger partial charge in [0.1, 0.15) is 5.67 Å². The van der Waals surface area contributed by atoms with Crippen LogP contribution in [0, 0.1) is 0 Å². The zero-order chi connectivity index (χ0) is 12.3. The molecule has 6 nitrogen and oxygen atoms in total. The molecular weight excluding hydrogens is 228 g/mol. The number of amides is 2. The van der Waals surface area contributed by atoms with Gasteiger partial charge in [0.25, 0.3) is 0 Å². The standard InChI is InChI=1S/C9H20N2O4Si/c1-10(2)9(12)11-7-6-8(11)16(13-3,14-4)15-5/h8H,6-7H2,1-5H3. The molecular formula is C9H20N2O4Si. The summed E-state index contributed by atoms with van der Waals surface area (Å²) < 4.78 is 16.1. The molecule has 0 saturated carbocycles. The molecule has 0 aromatic heterocycles. The summed E-state index contributed by atoms with van der Waals surface area (Å²) in [5, 5.41) is 0. The van der Waals surface area contributed by atoms with Crippen LogP contribution in [0.25, 0.3) is 0 Å². The van der Waals surface area contributed by atoms with Crippen molar-refractivity contribution in [2.45, 2.75) is 12.1 Å². The lowest BCUT2D eigenvalue weighted by atomic mass is 10.2. The van der Waals surface area contributed by atoms with Crippen molar-refractivity contribution in [1.29, 1.82) is 0 Å². The van der Waals surface area contributed by atoms with Crippen LogP contribution in [0.15, 0.2) is 0 Å².